The maximum Gasteiger partial charge on any atom is 0.229 e. The van der Waals surface area contributed by atoms with Gasteiger partial charge in [0.2, 0.25) is 18.1 Å². The van der Waals surface area contributed by atoms with Gasteiger partial charge in [-0.05, 0) is 152 Å². The lowest BCUT2D eigenvalue weighted by molar-refractivity contribution is 0.518. The first-order valence-corrected chi connectivity index (χ1v) is 32.5. The zero-order chi connectivity index (χ0) is 58.8. The maximum absolute atomic E-state index is 9.36. The molecule has 0 atom stereocenters. The minimum Gasteiger partial charge on any atom is -0.446 e. The van der Waals surface area contributed by atoms with Gasteiger partial charge in [-0.25, -0.2) is 0 Å². The molecule has 4 aromatic carbocycles. The van der Waals surface area contributed by atoms with E-state index in [4.69, 9.17) is 0 Å². The minimum absolute atomic E-state index is 0.0955. The van der Waals surface area contributed by atoms with Crippen LogP contribution in [0.25, 0.3) is 0 Å². The molecule has 75 heavy (non-hydrogen) atoms. The lowest BCUT2D eigenvalue weighted by atomic mass is 9.72. The molecule has 0 amide bonds. The largest absolute Gasteiger partial charge is 0.446 e. The van der Waals surface area contributed by atoms with Crippen LogP contribution >= 0.6 is 0 Å². The lowest BCUT2D eigenvalue weighted by Crippen LogP contribution is -2.61. The molecule has 0 spiro atoms. The zero-order valence-corrected chi connectivity index (χ0v) is 58.5. The van der Waals surface area contributed by atoms with Crippen LogP contribution in [0.2, 0.25) is 0 Å². The van der Waals surface area contributed by atoms with Crippen molar-refractivity contribution in [3.8, 4) is 0 Å². The first kappa shape index (κ1) is 64.8. The summed E-state index contributed by atoms with van der Waals surface area (Å²) in [5.41, 5.74) is 15.8. The third kappa shape index (κ3) is 14.6. The topological polar surface area (TPSA) is 9.23 Å². The lowest BCUT2D eigenvalue weighted by Gasteiger charge is -2.43. The van der Waals surface area contributed by atoms with Crippen molar-refractivity contribution in [2.24, 2.45) is 0 Å². The van der Waals surface area contributed by atoms with E-state index < -0.39 is 18.1 Å². The van der Waals surface area contributed by atoms with E-state index in [-0.39, 0.29) is 65.0 Å². The molecule has 0 unspecified atom stereocenters. The van der Waals surface area contributed by atoms with Crippen LogP contribution in [0.5, 0.6) is 0 Å². The van der Waals surface area contributed by atoms with Gasteiger partial charge in [0.05, 0.1) is 0 Å². The fraction of sp³-hybridized carbons (Fsp3) is 0.667. The van der Waals surface area contributed by atoms with E-state index >= 15 is 0 Å². The quantitative estimate of drug-likeness (QED) is 0.175. The molecule has 4 aromatic rings. The Balaban J connectivity index is 2.76. The van der Waals surface area contributed by atoms with Crippen LogP contribution in [0.15, 0.2) is 48.5 Å². The van der Waals surface area contributed by atoms with Crippen molar-refractivity contribution in [2.75, 3.05) is 0 Å². The first-order chi connectivity index (χ1) is 32.8. The molecule has 0 aliphatic heterocycles. The van der Waals surface area contributed by atoms with Gasteiger partial charge in [0.1, 0.15) is 0 Å². The Bertz CT molecular complexity index is 2330. The van der Waals surface area contributed by atoms with Crippen molar-refractivity contribution >= 4 is 38.8 Å². The van der Waals surface area contributed by atoms with Gasteiger partial charge < -0.3 is 4.12 Å². The molecule has 0 radical (unpaired) electrons. The fourth-order valence-corrected chi connectivity index (χ4v) is 20.5. The maximum atomic E-state index is 9.36. The van der Waals surface area contributed by atoms with Gasteiger partial charge in [0.25, 0.3) is 0 Å². The molecule has 0 aliphatic carbocycles. The first-order valence-electron chi connectivity index (χ1n) is 29.2. The Morgan fingerprint density at radius 1 is 0.200 bits per heavy atom. The third-order valence-corrected chi connectivity index (χ3v) is 22.0. The Hall–Kier alpha value is -2.73. The molecule has 1 nitrogen and oxygen atoms in total. The molecule has 0 bridgehead atoms. The van der Waals surface area contributed by atoms with Gasteiger partial charge in [-0.15, -0.1) is 0 Å². The number of hydrogen-bond donors (Lipinski definition) is 0. The normalized spacial score (nSPS) is 14.7. The summed E-state index contributed by atoms with van der Waals surface area (Å²) < 4.78 is 9.36. The summed E-state index contributed by atoms with van der Waals surface area (Å²) in [4.78, 5) is 0. The SMILES string of the molecule is CC(C)(C)c1cc([SiH](O[SiH](c2cc(C(C)(C)C)cc(C(C)(C)C)c2C(C)(C)C)c2cc(C(C)(C)C)cc(C(C)(C)C)c2C(C)(C)C)c2cc(C(C)(C)C)cc(C(C)(C)C)c2C(C)(C)C)c(C(C)(C)C)c(C(C)(C)C)c1. The van der Waals surface area contributed by atoms with Crippen LogP contribution in [0.1, 0.15) is 316 Å². The van der Waals surface area contributed by atoms with E-state index in [1.165, 1.54) is 87.5 Å². The van der Waals surface area contributed by atoms with E-state index in [0.717, 1.165) is 0 Å². The average Bonchev–Trinajstić information content (AvgIpc) is 3.15. The second-order valence-electron chi connectivity index (χ2n) is 35.8. The summed E-state index contributed by atoms with van der Waals surface area (Å²) in [6.45, 7) is 88.2. The highest BCUT2D eigenvalue weighted by Crippen LogP contribution is 2.43. The molecule has 3 heteroatoms. The summed E-state index contributed by atoms with van der Waals surface area (Å²) in [6, 6.07) is 21.2. The van der Waals surface area contributed by atoms with E-state index in [9.17, 15) is 4.12 Å². The van der Waals surface area contributed by atoms with Gasteiger partial charge >= 0.3 is 0 Å². The van der Waals surface area contributed by atoms with E-state index in [1.807, 2.05) is 0 Å². The van der Waals surface area contributed by atoms with Crippen LogP contribution < -0.4 is 20.7 Å². The van der Waals surface area contributed by atoms with Gasteiger partial charge in [-0.2, -0.15) is 0 Å². The van der Waals surface area contributed by atoms with Crippen molar-refractivity contribution in [3.05, 3.63) is 115 Å². The molecular weight excluding hydrogens is 937 g/mol. The molecule has 0 aromatic heterocycles. The molecule has 0 saturated carbocycles. The molecule has 420 valence electrons. The number of rotatable bonds is 6. The van der Waals surface area contributed by atoms with Gasteiger partial charge in [0.15, 0.2) is 0 Å². The molecular formula is C72H118OSi2. The van der Waals surface area contributed by atoms with Crippen molar-refractivity contribution in [1.82, 2.24) is 0 Å². The zero-order valence-electron chi connectivity index (χ0n) is 56.2. The highest BCUT2D eigenvalue weighted by atomic mass is 28.4. The van der Waals surface area contributed by atoms with E-state index in [0.29, 0.717) is 0 Å². The molecule has 0 fully saturated rings. The second kappa shape index (κ2) is 20.1. The molecule has 0 heterocycles. The van der Waals surface area contributed by atoms with Crippen LogP contribution in [-0.2, 0) is 69.1 Å². The molecule has 4 rings (SSSR count). The molecule has 0 N–H and O–H groups in total. The van der Waals surface area contributed by atoms with Crippen molar-refractivity contribution < 1.29 is 4.12 Å². The summed E-state index contributed by atoms with van der Waals surface area (Å²) in [7, 11) is -5.69. The fourth-order valence-electron chi connectivity index (χ4n) is 11.7. The van der Waals surface area contributed by atoms with Crippen molar-refractivity contribution in [1.29, 1.82) is 0 Å². The van der Waals surface area contributed by atoms with E-state index in [2.05, 4.69) is 298 Å². The second-order valence-corrected chi connectivity index (χ2v) is 40.9. The minimum atomic E-state index is -2.84. The van der Waals surface area contributed by atoms with Crippen LogP contribution in [0, 0.1) is 0 Å². The van der Waals surface area contributed by atoms with Crippen molar-refractivity contribution in [3.63, 3.8) is 0 Å². The number of hydrogen-bond acceptors (Lipinski definition) is 1. The summed E-state index contributed by atoms with van der Waals surface area (Å²) in [5.74, 6) is 0. The van der Waals surface area contributed by atoms with Crippen molar-refractivity contribution in [2.45, 2.75) is 314 Å². The summed E-state index contributed by atoms with van der Waals surface area (Å²) in [5, 5.41) is 5.87. The highest BCUT2D eigenvalue weighted by Gasteiger charge is 2.44. The van der Waals surface area contributed by atoms with Gasteiger partial charge in [-0.1, -0.05) is 298 Å². The smallest absolute Gasteiger partial charge is 0.229 e. The standard InChI is InChI=1S/C72H118OSi2/c1-61(2,3)45-37-49(65(13,14)15)57(69(25,26)27)53(41-45)74(54-42-46(62(4,5)6)38-50(66(16,17)18)58(54)70(28,29)30)73-75(55-43-47(63(7,8)9)39-51(67(19,20)21)59(55)71(31,32)33)56-44-48(64(10,11)12)40-52(68(22,23)24)60(56)72(34,35)36/h37-44,74-75H,1-36H3. The average molecular weight is 1060 g/mol. The van der Waals surface area contributed by atoms with Crippen LogP contribution in [-0.4, -0.2) is 18.1 Å². The highest BCUT2D eigenvalue weighted by molar-refractivity contribution is 6.92. The Morgan fingerprint density at radius 2 is 0.347 bits per heavy atom. The number of benzene rings is 4. The predicted molar refractivity (Wildman–Crippen MR) is 344 cm³/mol. The summed E-state index contributed by atoms with van der Waals surface area (Å²) in [6.07, 6.45) is 0. The Kier molecular flexibility index (Phi) is 17.4. The van der Waals surface area contributed by atoms with Crippen LogP contribution in [0.4, 0.5) is 0 Å². The molecule has 0 saturated heterocycles. The predicted octanol–water partition coefficient (Wildman–Crippen LogP) is 17.6. The molecule has 0 aliphatic rings. The summed E-state index contributed by atoms with van der Waals surface area (Å²) >= 11 is 0. The third-order valence-electron chi connectivity index (χ3n) is 15.8. The van der Waals surface area contributed by atoms with E-state index in [1.54, 1.807) is 0 Å². The monoisotopic (exact) mass is 1050 g/mol. The van der Waals surface area contributed by atoms with Gasteiger partial charge in [-0.3, -0.25) is 0 Å². The Morgan fingerprint density at radius 3 is 0.453 bits per heavy atom. The van der Waals surface area contributed by atoms with Crippen LogP contribution in [0.3, 0.4) is 0 Å². The van der Waals surface area contributed by atoms with Gasteiger partial charge in [0, 0.05) is 0 Å². The Labute approximate surface area is 469 Å².